The molecule has 0 saturated heterocycles. The number of hydrogen-bond acceptors (Lipinski definition) is 4. The van der Waals surface area contributed by atoms with E-state index in [4.69, 9.17) is 0 Å². The lowest BCUT2D eigenvalue weighted by Gasteiger charge is -2.29. The van der Waals surface area contributed by atoms with E-state index in [1.807, 2.05) is 13.8 Å². The summed E-state index contributed by atoms with van der Waals surface area (Å²) in [4.78, 5) is 16.6. The van der Waals surface area contributed by atoms with Crippen LogP contribution in [0.25, 0.3) is 0 Å². The smallest absolute Gasteiger partial charge is 0.168 e. The maximum atomic E-state index is 12.2. The quantitative estimate of drug-likeness (QED) is 0.761. The minimum Gasteiger partial charge on any atom is -0.511 e. The monoisotopic (exact) mass is 281 g/mol. The van der Waals surface area contributed by atoms with Crippen LogP contribution in [0.3, 0.4) is 0 Å². The predicted molar refractivity (Wildman–Crippen MR) is 81.1 cm³/mol. The van der Waals surface area contributed by atoms with Gasteiger partial charge in [-0.15, -0.1) is 0 Å². The first-order chi connectivity index (χ1) is 9.16. The van der Waals surface area contributed by atoms with Gasteiger partial charge in [-0.25, -0.2) is 0 Å². The number of carbonyl (C=O) groups excluding carboxylic acids is 1. The zero-order valence-electron chi connectivity index (χ0n) is 13.2. The highest BCUT2D eigenvalue weighted by Crippen LogP contribution is 2.36. The molecule has 0 aromatic carbocycles. The molecule has 2 N–H and O–H groups in total. The van der Waals surface area contributed by atoms with Gasteiger partial charge in [-0.1, -0.05) is 27.7 Å². The van der Waals surface area contributed by atoms with Crippen LogP contribution >= 0.6 is 0 Å². The average molecular weight is 281 g/mol. The van der Waals surface area contributed by atoms with Gasteiger partial charge in [-0.3, -0.25) is 9.79 Å². The normalized spacial score (nSPS) is 21.6. The second kappa shape index (κ2) is 6.53. The molecule has 0 heterocycles. The fourth-order valence-corrected chi connectivity index (χ4v) is 2.75. The van der Waals surface area contributed by atoms with E-state index in [1.54, 1.807) is 6.92 Å². The van der Waals surface area contributed by atoms with E-state index in [0.29, 0.717) is 30.0 Å². The largest absolute Gasteiger partial charge is 0.511 e. The molecule has 1 rings (SSSR count). The van der Waals surface area contributed by atoms with Crippen LogP contribution < -0.4 is 0 Å². The van der Waals surface area contributed by atoms with E-state index in [2.05, 4.69) is 18.8 Å². The van der Waals surface area contributed by atoms with Crippen LogP contribution in [0.2, 0.25) is 0 Å². The van der Waals surface area contributed by atoms with Crippen LogP contribution in [0.15, 0.2) is 16.3 Å². The van der Waals surface area contributed by atoms with Crippen LogP contribution in [-0.4, -0.2) is 34.4 Å². The first-order valence-corrected chi connectivity index (χ1v) is 7.27. The topological polar surface area (TPSA) is 69.9 Å². The van der Waals surface area contributed by atoms with Crippen molar-refractivity contribution in [2.24, 2.45) is 16.3 Å². The van der Waals surface area contributed by atoms with Gasteiger partial charge in [-0.2, -0.15) is 0 Å². The third-order valence-corrected chi connectivity index (χ3v) is 3.54. The van der Waals surface area contributed by atoms with Crippen LogP contribution in [0.4, 0.5) is 0 Å². The molecule has 4 nitrogen and oxygen atoms in total. The molecule has 0 aliphatic heterocycles. The molecule has 1 aliphatic carbocycles. The van der Waals surface area contributed by atoms with Crippen LogP contribution in [0.1, 0.15) is 53.9 Å². The minimum absolute atomic E-state index is 0.0384. The van der Waals surface area contributed by atoms with Crippen molar-refractivity contribution in [3.63, 3.8) is 0 Å². The summed E-state index contributed by atoms with van der Waals surface area (Å²) < 4.78 is 0. The molecular weight excluding hydrogens is 254 g/mol. The Labute approximate surface area is 121 Å². The number of ketones is 1. The maximum Gasteiger partial charge on any atom is 0.168 e. The zero-order valence-corrected chi connectivity index (χ0v) is 13.2. The van der Waals surface area contributed by atoms with Gasteiger partial charge in [-0.05, 0) is 24.7 Å². The van der Waals surface area contributed by atoms with Crippen LogP contribution in [0.5, 0.6) is 0 Å². The van der Waals surface area contributed by atoms with Crippen molar-refractivity contribution in [2.75, 3.05) is 6.61 Å². The Morgan fingerprint density at radius 1 is 1.35 bits per heavy atom. The first kappa shape index (κ1) is 16.9. The second-order valence-electron chi connectivity index (χ2n) is 6.94. The van der Waals surface area contributed by atoms with Crippen molar-refractivity contribution < 1.29 is 15.0 Å². The van der Waals surface area contributed by atoms with Crippen LogP contribution in [-0.2, 0) is 4.79 Å². The van der Waals surface area contributed by atoms with Crippen molar-refractivity contribution >= 4 is 11.5 Å². The molecule has 0 spiro atoms. The molecule has 1 aliphatic rings. The van der Waals surface area contributed by atoms with Gasteiger partial charge in [0, 0.05) is 18.6 Å². The lowest BCUT2D eigenvalue weighted by Crippen LogP contribution is -2.29. The molecule has 0 aromatic heterocycles. The molecule has 0 amide bonds. The Balaban J connectivity index is 3.00. The summed E-state index contributed by atoms with van der Waals surface area (Å²) in [6, 6.07) is -0.210. The van der Waals surface area contributed by atoms with Gasteiger partial charge in [0.15, 0.2) is 5.78 Å². The third-order valence-electron chi connectivity index (χ3n) is 3.54. The van der Waals surface area contributed by atoms with E-state index in [0.717, 1.165) is 6.42 Å². The van der Waals surface area contributed by atoms with Crippen molar-refractivity contribution in [1.29, 1.82) is 0 Å². The number of aliphatic hydroxyl groups is 2. The lowest BCUT2D eigenvalue weighted by atomic mass is 9.75. The Bertz CT molecular complexity index is 433. The van der Waals surface area contributed by atoms with Gasteiger partial charge in [0.1, 0.15) is 5.76 Å². The third kappa shape index (κ3) is 4.44. The van der Waals surface area contributed by atoms with Crippen molar-refractivity contribution in [3.8, 4) is 0 Å². The first-order valence-electron chi connectivity index (χ1n) is 7.27. The van der Waals surface area contributed by atoms with Crippen molar-refractivity contribution in [1.82, 2.24) is 0 Å². The number of Topliss-reactive ketones (excluding diaryl/α,β-unsaturated/α-hetero) is 1. The Kier molecular flexibility index (Phi) is 5.51. The highest BCUT2D eigenvalue weighted by molar-refractivity contribution is 6.22. The predicted octanol–water partition coefficient (Wildman–Crippen LogP) is 3.06. The average Bonchev–Trinajstić information content (AvgIpc) is 2.24. The number of allylic oxidation sites excluding steroid dienone is 2. The molecule has 0 saturated carbocycles. The fraction of sp³-hybridized carbons (Fsp3) is 0.750. The summed E-state index contributed by atoms with van der Waals surface area (Å²) >= 11 is 0. The minimum atomic E-state index is -0.210. The highest BCUT2D eigenvalue weighted by Gasteiger charge is 2.34. The van der Waals surface area contributed by atoms with Gasteiger partial charge < -0.3 is 10.2 Å². The Hall–Kier alpha value is -1.16. The number of carbonyl (C=O) groups is 1. The lowest BCUT2D eigenvalue weighted by molar-refractivity contribution is -0.117. The SMILES string of the molecule is CC(=NC(CO)CC(C)C)C1=C(O)CC(C)(C)CC1=O. The van der Waals surface area contributed by atoms with E-state index in [-0.39, 0.29) is 29.6 Å². The standard InChI is InChI=1S/C16H27NO3/c1-10(2)6-12(9-18)17-11(3)15-13(19)7-16(4,5)8-14(15)20/h10,12,18-19H,6-9H2,1-5H3. The molecule has 4 heteroatoms. The Morgan fingerprint density at radius 3 is 2.40 bits per heavy atom. The number of rotatable bonds is 5. The number of nitrogens with zero attached hydrogens (tertiary/aromatic N) is 1. The summed E-state index contributed by atoms with van der Waals surface area (Å²) in [6.45, 7) is 9.78. The molecule has 0 aromatic rings. The molecule has 20 heavy (non-hydrogen) atoms. The fourth-order valence-electron chi connectivity index (χ4n) is 2.75. The maximum absolute atomic E-state index is 12.2. The molecular formula is C16H27NO3. The molecule has 0 radical (unpaired) electrons. The molecule has 0 fully saturated rings. The molecule has 114 valence electrons. The number of aliphatic imine (C=N–C) groups is 1. The second-order valence-corrected chi connectivity index (χ2v) is 6.94. The van der Waals surface area contributed by atoms with Gasteiger partial charge in [0.2, 0.25) is 0 Å². The summed E-state index contributed by atoms with van der Waals surface area (Å²) in [6.07, 6.45) is 1.68. The zero-order chi connectivity index (χ0) is 15.5. The van der Waals surface area contributed by atoms with Crippen molar-refractivity contribution in [3.05, 3.63) is 11.3 Å². The van der Waals surface area contributed by atoms with Crippen molar-refractivity contribution in [2.45, 2.75) is 59.9 Å². The van der Waals surface area contributed by atoms with Gasteiger partial charge in [0.25, 0.3) is 0 Å². The van der Waals surface area contributed by atoms with E-state index in [1.165, 1.54) is 0 Å². The van der Waals surface area contributed by atoms with E-state index >= 15 is 0 Å². The summed E-state index contributed by atoms with van der Waals surface area (Å²) in [5, 5.41) is 19.5. The number of hydrogen-bond donors (Lipinski definition) is 2. The highest BCUT2D eigenvalue weighted by atomic mass is 16.3. The Morgan fingerprint density at radius 2 is 1.95 bits per heavy atom. The van der Waals surface area contributed by atoms with E-state index in [9.17, 15) is 15.0 Å². The molecule has 0 bridgehead atoms. The summed E-state index contributed by atoms with van der Waals surface area (Å²) in [7, 11) is 0. The van der Waals surface area contributed by atoms with Gasteiger partial charge in [0.05, 0.1) is 18.2 Å². The number of aliphatic hydroxyl groups excluding tert-OH is 2. The van der Waals surface area contributed by atoms with Crippen LogP contribution in [0, 0.1) is 11.3 Å². The van der Waals surface area contributed by atoms with Gasteiger partial charge >= 0.3 is 0 Å². The summed E-state index contributed by atoms with van der Waals surface area (Å²) in [5.74, 6) is 0.502. The summed E-state index contributed by atoms with van der Waals surface area (Å²) in [5.41, 5.74) is 0.702. The molecule has 1 unspecified atom stereocenters. The molecule has 1 atom stereocenters. The van der Waals surface area contributed by atoms with E-state index < -0.39 is 0 Å².